The number of hydrogen-bond donors (Lipinski definition) is 11. The first-order chi connectivity index (χ1) is 14.4. The van der Waals surface area contributed by atoms with Crippen molar-refractivity contribution in [2.75, 3.05) is 6.54 Å². The standard InChI is InChI=1S/C15H32N10O6/c16-3-1-4(24-14(19)20)11(10(29)7(3)26)31-12-6(25-15(21)22)9(28)8(27)5(30-12)2-23-13(17)18/h3-12,26-29H,1-2,16H2,(H4,17,18,23)(H4,19,20,24)(H4,21,22,25)/t3-,4+,5-,6-,7+,8-,9-,10-,11-,12-/m1/s1. The van der Waals surface area contributed by atoms with Crippen LogP contribution in [0.2, 0.25) is 0 Å². The van der Waals surface area contributed by atoms with E-state index in [1.54, 1.807) is 0 Å². The van der Waals surface area contributed by atoms with Gasteiger partial charge in [0.2, 0.25) is 0 Å². The highest BCUT2D eigenvalue weighted by molar-refractivity contribution is 5.76. The number of guanidine groups is 3. The van der Waals surface area contributed by atoms with Gasteiger partial charge in [0.25, 0.3) is 0 Å². The van der Waals surface area contributed by atoms with Crippen LogP contribution in [-0.2, 0) is 9.47 Å². The zero-order chi connectivity index (χ0) is 23.5. The molecule has 1 aliphatic carbocycles. The van der Waals surface area contributed by atoms with Crippen molar-refractivity contribution in [3.05, 3.63) is 0 Å². The van der Waals surface area contributed by atoms with Crippen LogP contribution >= 0.6 is 0 Å². The van der Waals surface area contributed by atoms with E-state index in [9.17, 15) is 20.4 Å². The molecule has 0 aromatic carbocycles. The van der Waals surface area contributed by atoms with Crippen LogP contribution in [0.5, 0.6) is 0 Å². The molecule has 1 saturated heterocycles. The Bertz CT molecular complexity index is 694. The minimum atomic E-state index is -1.55. The van der Waals surface area contributed by atoms with Gasteiger partial charge in [0.15, 0.2) is 24.2 Å². The minimum absolute atomic E-state index is 0.0725. The van der Waals surface area contributed by atoms with E-state index in [1.807, 2.05) is 0 Å². The normalized spacial score (nSPS) is 40.5. The Morgan fingerprint density at radius 3 is 2.00 bits per heavy atom. The van der Waals surface area contributed by atoms with Crippen molar-refractivity contribution >= 4 is 17.9 Å². The average Bonchev–Trinajstić information content (AvgIpc) is 2.66. The fourth-order valence-corrected chi connectivity index (χ4v) is 3.56. The van der Waals surface area contributed by atoms with Gasteiger partial charge in [-0.2, -0.15) is 0 Å². The lowest BCUT2D eigenvalue weighted by Crippen LogP contribution is -2.64. The molecule has 16 heteroatoms. The topological polar surface area (TPSA) is 319 Å². The molecule has 0 aromatic heterocycles. The summed E-state index contributed by atoms with van der Waals surface area (Å²) in [6.07, 6.45) is -9.55. The van der Waals surface area contributed by atoms with Crippen molar-refractivity contribution in [2.24, 2.45) is 55.1 Å². The van der Waals surface area contributed by atoms with Crippen LogP contribution in [0.1, 0.15) is 6.42 Å². The highest BCUT2D eigenvalue weighted by Gasteiger charge is 2.50. The molecule has 0 amide bonds. The Kier molecular flexibility index (Phi) is 8.18. The third-order valence-corrected chi connectivity index (χ3v) is 5.04. The Morgan fingerprint density at radius 2 is 1.45 bits per heavy atom. The quantitative estimate of drug-likeness (QED) is 0.133. The van der Waals surface area contributed by atoms with Crippen LogP contribution in [0.3, 0.4) is 0 Å². The second-order valence-electron chi connectivity index (χ2n) is 7.44. The maximum Gasteiger partial charge on any atom is 0.186 e. The number of nitrogens with two attached hydrogens (primary N) is 7. The Hall–Kier alpha value is -2.47. The predicted molar refractivity (Wildman–Crippen MR) is 110 cm³/mol. The Morgan fingerprint density at radius 1 is 0.839 bits per heavy atom. The van der Waals surface area contributed by atoms with Crippen LogP contribution in [0.25, 0.3) is 0 Å². The molecule has 1 aliphatic heterocycles. The van der Waals surface area contributed by atoms with Crippen LogP contribution in [-0.4, -0.2) is 106 Å². The van der Waals surface area contributed by atoms with Gasteiger partial charge in [0.1, 0.15) is 36.6 Å². The maximum absolute atomic E-state index is 10.6. The molecule has 1 saturated carbocycles. The molecule has 0 aromatic rings. The van der Waals surface area contributed by atoms with E-state index in [2.05, 4.69) is 15.0 Å². The lowest BCUT2D eigenvalue weighted by molar-refractivity contribution is -0.287. The van der Waals surface area contributed by atoms with Gasteiger partial charge in [0, 0.05) is 6.04 Å². The van der Waals surface area contributed by atoms with E-state index >= 15 is 0 Å². The molecule has 18 N–H and O–H groups in total. The SMILES string of the molecule is NC(N)=NC[C@H]1O[C@H](O[C@H]2[C@H](O)[C@@H](O)[C@H](N)C[C@@H]2N=C(N)N)[C@H](N=C(N)N)[C@@H](O)[C@@H]1O. The molecule has 0 unspecified atom stereocenters. The van der Waals surface area contributed by atoms with Crippen molar-refractivity contribution in [3.63, 3.8) is 0 Å². The Labute approximate surface area is 177 Å². The molecule has 2 aliphatic rings. The first-order valence-electron chi connectivity index (χ1n) is 9.44. The average molecular weight is 448 g/mol. The second kappa shape index (κ2) is 10.2. The van der Waals surface area contributed by atoms with Crippen molar-refractivity contribution in [1.82, 2.24) is 0 Å². The molecule has 0 spiro atoms. The monoisotopic (exact) mass is 448 g/mol. The first-order valence-corrected chi connectivity index (χ1v) is 9.44. The van der Waals surface area contributed by atoms with Crippen molar-refractivity contribution in [3.8, 4) is 0 Å². The summed E-state index contributed by atoms with van der Waals surface area (Å²) in [5, 5.41) is 41.6. The summed E-state index contributed by atoms with van der Waals surface area (Å²) in [5.74, 6) is -0.967. The van der Waals surface area contributed by atoms with Crippen molar-refractivity contribution in [1.29, 1.82) is 0 Å². The number of nitrogens with zero attached hydrogens (tertiary/aromatic N) is 3. The fraction of sp³-hybridized carbons (Fsp3) is 0.800. The molecule has 2 rings (SSSR count). The predicted octanol–water partition coefficient (Wildman–Crippen LogP) is -7.17. The van der Waals surface area contributed by atoms with Gasteiger partial charge in [-0.25, -0.2) is 9.98 Å². The molecule has 31 heavy (non-hydrogen) atoms. The van der Waals surface area contributed by atoms with E-state index < -0.39 is 67.0 Å². The summed E-state index contributed by atoms with van der Waals surface area (Å²) in [6, 6.07) is -2.98. The summed E-state index contributed by atoms with van der Waals surface area (Å²) in [5.41, 5.74) is 38.2. The van der Waals surface area contributed by atoms with Crippen molar-refractivity contribution < 1.29 is 29.9 Å². The maximum atomic E-state index is 10.6. The number of aliphatic hydroxyl groups excluding tert-OH is 4. The second-order valence-corrected chi connectivity index (χ2v) is 7.44. The summed E-state index contributed by atoms with van der Waals surface area (Å²) in [7, 11) is 0. The molecule has 10 atom stereocenters. The lowest BCUT2D eigenvalue weighted by atomic mass is 9.84. The van der Waals surface area contributed by atoms with Crippen LogP contribution in [0.15, 0.2) is 15.0 Å². The largest absolute Gasteiger partial charge is 0.389 e. The van der Waals surface area contributed by atoms with Crippen LogP contribution in [0, 0.1) is 0 Å². The third-order valence-electron chi connectivity index (χ3n) is 5.04. The highest BCUT2D eigenvalue weighted by atomic mass is 16.7. The van der Waals surface area contributed by atoms with E-state index in [-0.39, 0.29) is 24.9 Å². The van der Waals surface area contributed by atoms with Gasteiger partial charge >= 0.3 is 0 Å². The molecular weight excluding hydrogens is 416 g/mol. The van der Waals surface area contributed by atoms with E-state index in [1.165, 1.54) is 0 Å². The van der Waals surface area contributed by atoms with Gasteiger partial charge in [0.05, 0.1) is 18.7 Å². The smallest absolute Gasteiger partial charge is 0.186 e. The lowest BCUT2D eigenvalue weighted by Gasteiger charge is -2.45. The highest BCUT2D eigenvalue weighted by Crippen LogP contribution is 2.31. The van der Waals surface area contributed by atoms with Gasteiger partial charge in [-0.1, -0.05) is 0 Å². The molecule has 16 nitrogen and oxygen atoms in total. The van der Waals surface area contributed by atoms with E-state index in [4.69, 9.17) is 49.6 Å². The number of ether oxygens (including phenoxy) is 2. The van der Waals surface area contributed by atoms with Crippen molar-refractivity contribution in [2.45, 2.75) is 67.5 Å². The van der Waals surface area contributed by atoms with Crippen LogP contribution in [0.4, 0.5) is 0 Å². The van der Waals surface area contributed by atoms with Crippen LogP contribution < -0.4 is 40.1 Å². The number of rotatable bonds is 6. The first kappa shape index (κ1) is 24.8. The molecule has 178 valence electrons. The summed E-state index contributed by atoms with van der Waals surface area (Å²) >= 11 is 0. The van der Waals surface area contributed by atoms with Gasteiger partial charge in [-0.3, -0.25) is 4.99 Å². The number of aliphatic imine (C=N–C) groups is 3. The summed E-state index contributed by atoms with van der Waals surface area (Å²) in [6.45, 7) is -0.215. The molecule has 2 fully saturated rings. The number of hydrogen-bond acceptors (Lipinski definition) is 10. The van der Waals surface area contributed by atoms with Gasteiger partial charge < -0.3 is 70.0 Å². The third kappa shape index (κ3) is 6.03. The fourth-order valence-electron chi connectivity index (χ4n) is 3.56. The molecule has 0 bridgehead atoms. The zero-order valence-electron chi connectivity index (χ0n) is 16.7. The van der Waals surface area contributed by atoms with Gasteiger partial charge in [-0.15, -0.1) is 0 Å². The molecule has 1 heterocycles. The Balaban J connectivity index is 2.35. The summed E-state index contributed by atoms with van der Waals surface area (Å²) in [4.78, 5) is 11.6. The van der Waals surface area contributed by atoms with E-state index in [0.717, 1.165) is 0 Å². The molecular formula is C15H32N10O6. The zero-order valence-corrected chi connectivity index (χ0v) is 16.7. The molecule has 0 radical (unpaired) electrons. The summed E-state index contributed by atoms with van der Waals surface area (Å²) < 4.78 is 11.5. The van der Waals surface area contributed by atoms with E-state index in [0.29, 0.717) is 0 Å². The van der Waals surface area contributed by atoms with Gasteiger partial charge in [-0.05, 0) is 6.42 Å². The minimum Gasteiger partial charge on any atom is -0.389 e. The number of aliphatic hydroxyl groups is 4.